The van der Waals surface area contributed by atoms with Crippen LogP contribution < -0.4 is 10.6 Å². The van der Waals surface area contributed by atoms with Crippen LogP contribution in [0, 0.1) is 18.3 Å². The number of aromatic nitrogens is 3. The van der Waals surface area contributed by atoms with Crippen molar-refractivity contribution in [3.63, 3.8) is 0 Å². The molecule has 0 radical (unpaired) electrons. The summed E-state index contributed by atoms with van der Waals surface area (Å²) in [6.07, 6.45) is -2.00. The Labute approximate surface area is 244 Å². The maximum atomic E-state index is 13.1. The topological polar surface area (TPSA) is 124 Å². The number of amides is 1. The summed E-state index contributed by atoms with van der Waals surface area (Å²) < 4.78 is 39.4. The lowest BCUT2D eigenvalue weighted by Crippen LogP contribution is -2.14. The minimum atomic E-state index is -4.59. The molecule has 2 heterocycles. The van der Waals surface area contributed by atoms with Gasteiger partial charge in [0.1, 0.15) is 11.6 Å². The van der Waals surface area contributed by atoms with Gasteiger partial charge in [0.15, 0.2) is 0 Å². The number of aryl methyl sites for hydroxylation is 1. The van der Waals surface area contributed by atoms with E-state index in [1.165, 1.54) is 6.07 Å². The van der Waals surface area contributed by atoms with E-state index < -0.39 is 17.6 Å². The number of halogens is 3. The van der Waals surface area contributed by atoms with E-state index in [1.54, 1.807) is 55.6 Å². The van der Waals surface area contributed by atoms with Crippen LogP contribution in [0.15, 0.2) is 73.1 Å². The van der Waals surface area contributed by atoms with Gasteiger partial charge in [-0.1, -0.05) is 18.2 Å². The molecule has 0 unspecified atom stereocenters. The number of rotatable bonds is 6. The lowest BCUT2D eigenvalue weighted by atomic mass is 9.91. The molecule has 0 aliphatic carbocycles. The maximum Gasteiger partial charge on any atom is 0.416 e. The number of hydrogen-bond acceptors (Lipinski definition) is 7. The SMILES string of the molecule is Cc1ccc(C(=O)Nc2cc(C(F)(F)F)ccn2)cc1-c1cc2cnc(NC(C)C)nc2c(-c2cccc(C#N)c2)c1O. The van der Waals surface area contributed by atoms with Crippen molar-refractivity contribution in [3.8, 4) is 34.1 Å². The highest BCUT2D eigenvalue weighted by molar-refractivity contribution is 6.06. The van der Waals surface area contributed by atoms with Crippen LogP contribution in [0.4, 0.5) is 24.9 Å². The average molecular weight is 583 g/mol. The van der Waals surface area contributed by atoms with Gasteiger partial charge in [-0.2, -0.15) is 18.4 Å². The van der Waals surface area contributed by atoms with Crippen molar-refractivity contribution in [1.82, 2.24) is 15.0 Å². The molecule has 0 bridgehead atoms. The van der Waals surface area contributed by atoms with Crippen molar-refractivity contribution in [1.29, 1.82) is 5.26 Å². The summed E-state index contributed by atoms with van der Waals surface area (Å²) in [6, 6.07) is 17.0. The molecule has 5 aromatic rings. The summed E-state index contributed by atoms with van der Waals surface area (Å²) in [6.45, 7) is 5.69. The molecule has 1 amide bonds. The summed E-state index contributed by atoms with van der Waals surface area (Å²) >= 11 is 0. The van der Waals surface area contributed by atoms with Gasteiger partial charge in [0.25, 0.3) is 5.91 Å². The van der Waals surface area contributed by atoms with Gasteiger partial charge in [-0.05, 0) is 79.9 Å². The molecule has 0 atom stereocenters. The number of anilines is 2. The number of benzene rings is 3. The number of aromatic hydroxyl groups is 1. The number of hydrogen-bond donors (Lipinski definition) is 3. The number of carbonyl (C=O) groups is 1. The van der Waals surface area contributed by atoms with Crippen LogP contribution in [0.2, 0.25) is 0 Å². The predicted molar refractivity (Wildman–Crippen MR) is 157 cm³/mol. The molecule has 216 valence electrons. The van der Waals surface area contributed by atoms with Gasteiger partial charge in [0, 0.05) is 34.9 Å². The maximum absolute atomic E-state index is 13.1. The number of nitrogens with one attached hydrogen (secondary N) is 2. The van der Waals surface area contributed by atoms with Crippen molar-refractivity contribution in [2.45, 2.75) is 33.0 Å². The van der Waals surface area contributed by atoms with E-state index in [0.29, 0.717) is 44.7 Å². The number of fused-ring (bicyclic) bond motifs is 1. The Morgan fingerprint density at radius 2 is 1.81 bits per heavy atom. The molecule has 2 aromatic heterocycles. The first-order valence-electron chi connectivity index (χ1n) is 13.2. The number of phenolic OH excluding ortho intramolecular Hbond substituents is 1. The van der Waals surface area contributed by atoms with Gasteiger partial charge in [0.05, 0.1) is 28.3 Å². The zero-order chi connectivity index (χ0) is 30.9. The van der Waals surface area contributed by atoms with Crippen molar-refractivity contribution < 1.29 is 23.1 Å². The van der Waals surface area contributed by atoms with Crippen molar-refractivity contribution in [2.75, 3.05) is 10.6 Å². The summed E-state index contributed by atoms with van der Waals surface area (Å²) in [5.41, 5.74) is 2.58. The van der Waals surface area contributed by atoms with Crippen molar-refractivity contribution in [3.05, 3.63) is 95.3 Å². The van der Waals surface area contributed by atoms with E-state index in [2.05, 4.69) is 31.7 Å². The summed E-state index contributed by atoms with van der Waals surface area (Å²) in [5.74, 6) is -0.691. The Morgan fingerprint density at radius 3 is 2.53 bits per heavy atom. The van der Waals surface area contributed by atoms with Gasteiger partial charge in [-0.3, -0.25) is 4.79 Å². The lowest BCUT2D eigenvalue weighted by Gasteiger charge is -2.17. The Bertz CT molecular complexity index is 1910. The van der Waals surface area contributed by atoms with Gasteiger partial charge in [-0.25, -0.2) is 15.0 Å². The number of nitrogens with zero attached hydrogens (tertiary/aromatic N) is 4. The van der Waals surface area contributed by atoms with Crippen LogP contribution in [0.5, 0.6) is 5.75 Å². The molecule has 11 heteroatoms. The minimum Gasteiger partial charge on any atom is -0.507 e. The predicted octanol–water partition coefficient (Wildman–Crippen LogP) is 7.34. The monoisotopic (exact) mass is 582 g/mol. The third-order valence-electron chi connectivity index (χ3n) is 6.66. The molecule has 0 saturated heterocycles. The third kappa shape index (κ3) is 6.08. The second-order valence-corrected chi connectivity index (χ2v) is 10.2. The third-order valence-corrected chi connectivity index (χ3v) is 6.66. The molecule has 0 saturated carbocycles. The van der Waals surface area contributed by atoms with E-state index in [-0.39, 0.29) is 23.2 Å². The Hall–Kier alpha value is -5.50. The number of pyridine rings is 1. The molecule has 3 aromatic carbocycles. The van der Waals surface area contributed by atoms with Crippen LogP contribution in [-0.2, 0) is 6.18 Å². The Kier molecular flexibility index (Phi) is 7.70. The molecule has 0 aliphatic heterocycles. The average Bonchev–Trinajstić information content (AvgIpc) is 2.96. The van der Waals surface area contributed by atoms with Crippen molar-refractivity contribution >= 4 is 28.6 Å². The fourth-order valence-corrected chi connectivity index (χ4v) is 4.64. The van der Waals surface area contributed by atoms with E-state index >= 15 is 0 Å². The Morgan fingerprint density at radius 1 is 1.02 bits per heavy atom. The second-order valence-electron chi connectivity index (χ2n) is 10.2. The van der Waals surface area contributed by atoms with Gasteiger partial charge < -0.3 is 15.7 Å². The molecule has 0 spiro atoms. The van der Waals surface area contributed by atoms with Crippen molar-refractivity contribution in [2.24, 2.45) is 0 Å². The highest BCUT2D eigenvalue weighted by Gasteiger charge is 2.31. The van der Waals surface area contributed by atoms with Gasteiger partial charge in [0.2, 0.25) is 5.95 Å². The fourth-order valence-electron chi connectivity index (χ4n) is 4.64. The molecule has 3 N–H and O–H groups in total. The first-order chi connectivity index (χ1) is 20.4. The molecular formula is C32H25F3N6O2. The molecule has 43 heavy (non-hydrogen) atoms. The highest BCUT2D eigenvalue weighted by atomic mass is 19.4. The summed E-state index contributed by atoms with van der Waals surface area (Å²) in [4.78, 5) is 26.0. The number of alkyl halides is 3. The Balaban J connectivity index is 1.64. The number of phenols is 1. The fraction of sp³-hybridized carbons (Fsp3) is 0.156. The van der Waals surface area contributed by atoms with Crippen LogP contribution in [0.25, 0.3) is 33.2 Å². The van der Waals surface area contributed by atoms with E-state index in [4.69, 9.17) is 0 Å². The molecule has 5 rings (SSSR count). The summed E-state index contributed by atoms with van der Waals surface area (Å²) in [5, 5.41) is 27.4. The van der Waals surface area contributed by atoms with E-state index in [0.717, 1.165) is 23.9 Å². The molecule has 0 fully saturated rings. The molecule has 0 aliphatic rings. The van der Waals surface area contributed by atoms with Crippen LogP contribution in [-0.4, -0.2) is 32.0 Å². The van der Waals surface area contributed by atoms with Crippen LogP contribution >= 0.6 is 0 Å². The van der Waals surface area contributed by atoms with E-state index in [1.807, 2.05) is 13.8 Å². The molecular weight excluding hydrogens is 557 g/mol. The minimum absolute atomic E-state index is 0.0540. The standard InChI is InChI=1S/C32H25F3N6O2/c1-17(2)39-31-38-16-22-13-25(29(42)27(28(22)41-31)20-6-4-5-19(11-20)15-36)24-12-21(8-7-18(24)3)30(43)40-26-14-23(9-10-37-26)32(33,34)35/h4-14,16-17,42H,1-3H3,(H,37,40,43)(H,38,39,41). The number of carbonyl (C=O) groups excluding carboxylic acids is 1. The van der Waals surface area contributed by atoms with Crippen LogP contribution in [0.1, 0.15) is 40.9 Å². The normalized spacial score (nSPS) is 11.4. The number of nitriles is 1. The quantitative estimate of drug-likeness (QED) is 0.191. The van der Waals surface area contributed by atoms with Crippen LogP contribution in [0.3, 0.4) is 0 Å². The zero-order valence-electron chi connectivity index (χ0n) is 23.3. The van der Waals surface area contributed by atoms with Gasteiger partial charge >= 0.3 is 6.18 Å². The van der Waals surface area contributed by atoms with E-state index in [9.17, 15) is 28.3 Å². The first-order valence-corrected chi connectivity index (χ1v) is 13.2. The highest BCUT2D eigenvalue weighted by Crippen LogP contribution is 2.44. The first kappa shape index (κ1) is 29.0. The zero-order valence-corrected chi connectivity index (χ0v) is 23.3. The lowest BCUT2D eigenvalue weighted by molar-refractivity contribution is -0.137. The smallest absolute Gasteiger partial charge is 0.416 e. The molecule has 8 nitrogen and oxygen atoms in total. The van der Waals surface area contributed by atoms with Gasteiger partial charge in [-0.15, -0.1) is 0 Å². The summed E-state index contributed by atoms with van der Waals surface area (Å²) in [7, 11) is 0. The second kappa shape index (κ2) is 11.4. The largest absolute Gasteiger partial charge is 0.507 e.